The molecule has 0 unspecified atom stereocenters. The summed E-state index contributed by atoms with van der Waals surface area (Å²) in [6, 6.07) is 10.7. The molecule has 4 nitrogen and oxygen atoms in total. The van der Waals surface area contributed by atoms with Crippen LogP contribution in [0.2, 0.25) is 0 Å². The fourth-order valence-electron chi connectivity index (χ4n) is 2.59. The number of aryl methyl sites for hydroxylation is 2. The zero-order valence-corrected chi connectivity index (χ0v) is 11.0. The maximum absolute atomic E-state index is 12.2. The second kappa shape index (κ2) is 4.89. The summed E-state index contributed by atoms with van der Waals surface area (Å²) in [5.74, 6) is -0.529. The Bertz CT molecular complexity index is 680. The molecule has 0 atom stereocenters. The fraction of sp³-hybridized carbons (Fsp3) is 0.188. The van der Waals surface area contributed by atoms with E-state index in [0.29, 0.717) is 0 Å². The van der Waals surface area contributed by atoms with Crippen molar-refractivity contribution in [2.75, 3.05) is 11.1 Å². The van der Waals surface area contributed by atoms with E-state index in [0.717, 1.165) is 18.5 Å². The second-order valence-electron chi connectivity index (χ2n) is 5.03. The molecule has 1 aliphatic carbocycles. The number of fused-ring (bicyclic) bond motifs is 1. The van der Waals surface area contributed by atoms with Crippen molar-refractivity contribution in [2.24, 2.45) is 0 Å². The number of nitrogens with two attached hydrogens (primary N) is 1. The van der Waals surface area contributed by atoms with Crippen molar-refractivity contribution in [2.45, 2.75) is 19.3 Å². The van der Waals surface area contributed by atoms with Gasteiger partial charge in [0.05, 0.1) is 11.3 Å². The lowest BCUT2D eigenvalue weighted by atomic mass is 10.1. The number of phenolic OH excluding ortho intramolecular Hbond substituents is 1. The summed E-state index contributed by atoms with van der Waals surface area (Å²) in [6.07, 6.45) is 3.34. The number of aromatic hydroxyl groups is 1. The number of benzene rings is 2. The van der Waals surface area contributed by atoms with Crippen molar-refractivity contribution in [1.29, 1.82) is 0 Å². The molecule has 0 aromatic heterocycles. The highest BCUT2D eigenvalue weighted by Crippen LogP contribution is 2.27. The molecule has 0 saturated carbocycles. The van der Waals surface area contributed by atoms with Crippen LogP contribution < -0.4 is 11.1 Å². The zero-order chi connectivity index (χ0) is 14.1. The van der Waals surface area contributed by atoms with Crippen LogP contribution in [-0.4, -0.2) is 11.0 Å². The van der Waals surface area contributed by atoms with Gasteiger partial charge in [-0.15, -0.1) is 0 Å². The lowest BCUT2D eigenvalue weighted by molar-refractivity contribution is 0.102. The lowest BCUT2D eigenvalue weighted by Gasteiger charge is -2.09. The largest absolute Gasteiger partial charge is 0.505 e. The molecular weight excluding hydrogens is 252 g/mol. The molecule has 4 heteroatoms. The normalized spacial score (nSPS) is 13.0. The van der Waals surface area contributed by atoms with Crippen molar-refractivity contribution < 1.29 is 9.90 Å². The predicted molar refractivity (Wildman–Crippen MR) is 78.9 cm³/mol. The number of carbonyl (C=O) groups is 1. The Morgan fingerprint density at radius 3 is 2.80 bits per heavy atom. The summed E-state index contributed by atoms with van der Waals surface area (Å²) in [4.78, 5) is 12.2. The Balaban J connectivity index is 1.84. The maximum atomic E-state index is 12.2. The van der Waals surface area contributed by atoms with Gasteiger partial charge in [-0.1, -0.05) is 12.1 Å². The third kappa shape index (κ3) is 2.20. The van der Waals surface area contributed by atoms with Gasteiger partial charge >= 0.3 is 0 Å². The molecule has 102 valence electrons. The van der Waals surface area contributed by atoms with E-state index in [2.05, 4.69) is 11.4 Å². The fourth-order valence-corrected chi connectivity index (χ4v) is 2.59. The third-order valence-electron chi connectivity index (χ3n) is 3.67. The van der Waals surface area contributed by atoms with Crippen LogP contribution in [0.15, 0.2) is 36.4 Å². The van der Waals surface area contributed by atoms with Gasteiger partial charge in [0, 0.05) is 5.69 Å². The molecule has 0 heterocycles. The van der Waals surface area contributed by atoms with E-state index in [4.69, 9.17) is 5.73 Å². The molecule has 3 rings (SSSR count). The van der Waals surface area contributed by atoms with E-state index in [1.807, 2.05) is 12.1 Å². The van der Waals surface area contributed by atoms with E-state index in [9.17, 15) is 9.90 Å². The second-order valence-corrected chi connectivity index (χ2v) is 5.03. The minimum Gasteiger partial charge on any atom is -0.505 e. The number of amides is 1. The highest BCUT2D eigenvalue weighted by atomic mass is 16.3. The molecule has 0 bridgehead atoms. The number of hydrogen-bond acceptors (Lipinski definition) is 3. The van der Waals surface area contributed by atoms with Gasteiger partial charge in [-0.25, -0.2) is 0 Å². The molecule has 0 saturated heterocycles. The van der Waals surface area contributed by atoms with Gasteiger partial charge in [0.2, 0.25) is 0 Å². The van der Waals surface area contributed by atoms with E-state index in [-0.39, 0.29) is 22.9 Å². The van der Waals surface area contributed by atoms with Crippen LogP contribution >= 0.6 is 0 Å². The van der Waals surface area contributed by atoms with Crippen LogP contribution in [0.5, 0.6) is 5.75 Å². The summed E-state index contributed by atoms with van der Waals surface area (Å²) < 4.78 is 0. The molecule has 2 aromatic carbocycles. The number of hydrogen-bond donors (Lipinski definition) is 3. The molecule has 0 radical (unpaired) electrons. The summed E-state index contributed by atoms with van der Waals surface area (Å²) in [5.41, 5.74) is 9.38. The predicted octanol–water partition coefficient (Wildman–Crippen LogP) is 2.72. The molecule has 1 aliphatic rings. The summed E-state index contributed by atoms with van der Waals surface area (Å²) in [7, 11) is 0. The highest BCUT2D eigenvalue weighted by Gasteiger charge is 2.15. The first-order valence-corrected chi connectivity index (χ1v) is 6.66. The minimum atomic E-state index is -0.354. The van der Waals surface area contributed by atoms with Crippen molar-refractivity contribution >= 4 is 17.3 Å². The maximum Gasteiger partial charge on any atom is 0.259 e. The molecule has 2 aromatic rings. The smallest absolute Gasteiger partial charge is 0.259 e. The SMILES string of the molecule is Nc1cccc(C(=O)Nc2ccc3c(c2)CCC3)c1O. The van der Waals surface area contributed by atoms with Gasteiger partial charge in [-0.2, -0.15) is 0 Å². The summed E-state index contributed by atoms with van der Waals surface area (Å²) in [6.45, 7) is 0. The van der Waals surface area contributed by atoms with Gasteiger partial charge in [0.1, 0.15) is 0 Å². The molecule has 0 fully saturated rings. The Morgan fingerprint density at radius 2 is 1.95 bits per heavy atom. The third-order valence-corrected chi connectivity index (χ3v) is 3.67. The first-order valence-electron chi connectivity index (χ1n) is 6.66. The topological polar surface area (TPSA) is 75.4 Å². The summed E-state index contributed by atoms with van der Waals surface area (Å²) in [5, 5.41) is 12.6. The van der Waals surface area contributed by atoms with E-state index in [1.54, 1.807) is 18.2 Å². The average molecular weight is 268 g/mol. The number of anilines is 2. The molecule has 4 N–H and O–H groups in total. The van der Waals surface area contributed by atoms with E-state index in [1.165, 1.54) is 17.5 Å². The average Bonchev–Trinajstić information content (AvgIpc) is 2.89. The van der Waals surface area contributed by atoms with Crippen molar-refractivity contribution in [3.8, 4) is 5.75 Å². The van der Waals surface area contributed by atoms with Crippen LogP contribution in [0, 0.1) is 0 Å². The van der Waals surface area contributed by atoms with Crippen LogP contribution in [0.4, 0.5) is 11.4 Å². The van der Waals surface area contributed by atoms with Crippen LogP contribution in [-0.2, 0) is 12.8 Å². The number of nitrogen functional groups attached to an aromatic ring is 1. The number of nitrogens with one attached hydrogen (secondary N) is 1. The van der Waals surface area contributed by atoms with Gasteiger partial charge < -0.3 is 16.2 Å². The Labute approximate surface area is 117 Å². The van der Waals surface area contributed by atoms with E-state index < -0.39 is 0 Å². The first-order chi connectivity index (χ1) is 9.65. The van der Waals surface area contributed by atoms with Gasteiger partial charge in [-0.05, 0) is 54.7 Å². The molecule has 0 spiro atoms. The summed E-state index contributed by atoms with van der Waals surface area (Å²) >= 11 is 0. The van der Waals surface area contributed by atoms with E-state index >= 15 is 0 Å². The standard InChI is InChI=1S/C16H16N2O2/c17-14-6-2-5-13(15(14)19)16(20)18-12-8-7-10-3-1-4-11(10)9-12/h2,5-9,19H,1,3-4,17H2,(H,18,20). The monoisotopic (exact) mass is 268 g/mol. The van der Waals surface area contributed by atoms with Crippen LogP contribution in [0.25, 0.3) is 0 Å². The van der Waals surface area contributed by atoms with Crippen LogP contribution in [0.3, 0.4) is 0 Å². The van der Waals surface area contributed by atoms with Crippen molar-refractivity contribution in [3.05, 3.63) is 53.1 Å². The van der Waals surface area contributed by atoms with Crippen molar-refractivity contribution in [3.63, 3.8) is 0 Å². The number of para-hydroxylation sites is 1. The van der Waals surface area contributed by atoms with Crippen LogP contribution in [0.1, 0.15) is 27.9 Å². The highest BCUT2D eigenvalue weighted by molar-refractivity contribution is 6.07. The van der Waals surface area contributed by atoms with Gasteiger partial charge in [0.15, 0.2) is 5.75 Å². The molecule has 0 aliphatic heterocycles. The first kappa shape index (κ1) is 12.5. The molecule has 20 heavy (non-hydrogen) atoms. The number of rotatable bonds is 2. The molecule has 1 amide bonds. The Morgan fingerprint density at radius 1 is 1.15 bits per heavy atom. The Kier molecular flexibility index (Phi) is 3.06. The number of carbonyl (C=O) groups excluding carboxylic acids is 1. The quantitative estimate of drug-likeness (QED) is 0.579. The minimum absolute atomic E-state index is 0.175. The molecular formula is C16H16N2O2. The Hall–Kier alpha value is -2.49. The number of phenols is 1. The van der Waals surface area contributed by atoms with Gasteiger partial charge in [0.25, 0.3) is 5.91 Å². The van der Waals surface area contributed by atoms with Crippen molar-refractivity contribution in [1.82, 2.24) is 0 Å². The van der Waals surface area contributed by atoms with Gasteiger partial charge in [-0.3, -0.25) is 4.79 Å². The zero-order valence-electron chi connectivity index (χ0n) is 11.0. The lowest BCUT2D eigenvalue weighted by Crippen LogP contribution is -2.12.